The Bertz CT molecular complexity index is 252. The molecule has 3 heteroatoms. The van der Waals surface area contributed by atoms with Crippen LogP contribution in [-0.4, -0.2) is 19.7 Å². The molecule has 0 spiro atoms. The molecule has 0 aliphatic rings. The molecule has 0 saturated carbocycles. The fourth-order valence-electron chi connectivity index (χ4n) is 1.02. The van der Waals surface area contributed by atoms with Gasteiger partial charge in [-0.05, 0) is 35.0 Å². The molecule has 0 atom stereocenters. The van der Waals surface area contributed by atoms with Crippen LogP contribution in [-0.2, 0) is 0 Å². The maximum absolute atomic E-state index is 5.56. The zero-order valence-corrected chi connectivity index (χ0v) is 9.38. The van der Waals surface area contributed by atoms with E-state index in [0.717, 1.165) is 29.9 Å². The number of ether oxygens (including phenoxy) is 1. The highest BCUT2D eigenvalue weighted by atomic mass is 79.9. The minimum atomic E-state index is 0.760. The number of quaternary nitrogens is 1. The van der Waals surface area contributed by atoms with Crippen molar-refractivity contribution in [2.24, 2.45) is 0 Å². The van der Waals surface area contributed by atoms with Crippen molar-refractivity contribution in [2.75, 3.05) is 19.7 Å². The van der Waals surface area contributed by atoms with Crippen LogP contribution in [0.1, 0.15) is 6.92 Å². The molecule has 0 aromatic heterocycles. The van der Waals surface area contributed by atoms with Crippen LogP contribution in [0.4, 0.5) is 0 Å². The molecule has 13 heavy (non-hydrogen) atoms. The van der Waals surface area contributed by atoms with Crippen LogP contribution in [0.15, 0.2) is 28.7 Å². The second kappa shape index (κ2) is 6.00. The predicted octanol–water partition coefficient (Wildman–Crippen LogP) is 1.41. The van der Waals surface area contributed by atoms with Gasteiger partial charge in [-0.2, -0.15) is 0 Å². The second-order valence-electron chi connectivity index (χ2n) is 2.76. The summed E-state index contributed by atoms with van der Waals surface area (Å²) in [7, 11) is 0. The molecule has 2 nitrogen and oxygen atoms in total. The Balaban J connectivity index is 2.32. The topological polar surface area (TPSA) is 25.8 Å². The van der Waals surface area contributed by atoms with Crippen LogP contribution in [0, 0.1) is 0 Å². The second-order valence-corrected chi connectivity index (χ2v) is 3.62. The van der Waals surface area contributed by atoms with E-state index in [1.165, 1.54) is 0 Å². The van der Waals surface area contributed by atoms with Crippen LogP contribution in [0.5, 0.6) is 5.75 Å². The predicted molar refractivity (Wildman–Crippen MR) is 57.0 cm³/mol. The Kier molecular flexibility index (Phi) is 4.86. The van der Waals surface area contributed by atoms with Gasteiger partial charge >= 0.3 is 0 Å². The van der Waals surface area contributed by atoms with E-state index >= 15 is 0 Å². The first-order valence-corrected chi connectivity index (χ1v) is 5.33. The number of benzene rings is 1. The molecule has 0 radical (unpaired) electrons. The van der Waals surface area contributed by atoms with Gasteiger partial charge < -0.3 is 10.1 Å². The molecule has 0 saturated heterocycles. The standard InChI is InChI=1S/C10H14BrNO/c1-2-12-7-8-13-10-6-4-3-5-9(10)11/h3-6,12H,2,7-8H2,1H3/p+1. The summed E-state index contributed by atoms with van der Waals surface area (Å²) < 4.78 is 6.58. The molecular formula is C10H15BrNO+. The number of rotatable bonds is 5. The molecule has 72 valence electrons. The Morgan fingerprint density at radius 1 is 1.38 bits per heavy atom. The van der Waals surface area contributed by atoms with Gasteiger partial charge in [0, 0.05) is 0 Å². The lowest BCUT2D eigenvalue weighted by atomic mass is 10.3. The smallest absolute Gasteiger partial charge is 0.137 e. The van der Waals surface area contributed by atoms with Gasteiger partial charge in [-0.3, -0.25) is 0 Å². The number of halogens is 1. The van der Waals surface area contributed by atoms with Gasteiger partial charge in [-0.1, -0.05) is 12.1 Å². The zero-order chi connectivity index (χ0) is 9.52. The largest absolute Gasteiger partial charge is 0.487 e. The molecule has 0 heterocycles. The number of hydrogen-bond acceptors (Lipinski definition) is 1. The van der Waals surface area contributed by atoms with Crippen molar-refractivity contribution in [1.82, 2.24) is 0 Å². The maximum atomic E-state index is 5.56. The van der Waals surface area contributed by atoms with Crippen molar-refractivity contribution in [3.05, 3.63) is 28.7 Å². The molecule has 2 N–H and O–H groups in total. The molecule has 0 aliphatic carbocycles. The molecule has 0 amide bonds. The molecule has 0 unspecified atom stereocenters. The number of para-hydroxylation sites is 1. The quantitative estimate of drug-likeness (QED) is 0.780. The van der Waals surface area contributed by atoms with Gasteiger partial charge in [-0.15, -0.1) is 0 Å². The summed E-state index contributed by atoms with van der Waals surface area (Å²) >= 11 is 3.43. The lowest BCUT2D eigenvalue weighted by Gasteiger charge is -2.06. The van der Waals surface area contributed by atoms with Gasteiger partial charge in [-0.25, -0.2) is 0 Å². The monoisotopic (exact) mass is 244 g/mol. The molecule has 0 bridgehead atoms. The molecule has 1 rings (SSSR count). The third-order valence-electron chi connectivity index (χ3n) is 1.70. The number of nitrogens with two attached hydrogens (primary N) is 1. The molecule has 1 aromatic carbocycles. The minimum absolute atomic E-state index is 0.760. The van der Waals surface area contributed by atoms with Gasteiger partial charge in [0.2, 0.25) is 0 Å². The first kappa shape index (κ1) is 10.5. The van der Waals surface area contributed by atoms with E-state index in [0.29, 0.717) is 0 Å². The van der Waals surface area contributed by atoms with Crippen LogP contribution in [0.3, 0.4) is 0 Å². The molecule has 1 aromatic rings. The first-order chi connectivity index (χ1) is 6.34. The van der Waals surface area contributed by atoms with Crippen molar-refractivity contribution >= 4 is 15.9 Å². The SMILES string of the molecule is CC[NH2+]CCOc1ccccc1Br. The minimum Gasteiger partial charge on any atom is -0.487 e. The van der Waals surface area contributed by atoms with Gasteiger partial charge in [0.15, 0.2) is 0 Å². The molecule has 0 fully saturated rings. The summed E-state index contributed by atoms with van der Waals surface area (Å²) in [5.74, 6) is 0.923. The third kappa shape index (κ3) is 3.79. The fourth-order valence-corrected chi connectivity index (χ4v) is 1.42. The van der Waals surface area contributed by atoms with E-state index in [4.69, 9.17) is 4.74 Å². The number of likely N-dealkylation sites (N-methyl/N-ethyl adjacent to an activating group) is 1. The van der Waals surface area contributed by atoms with Crippen LogP contribution >= 0.6 is 15.9 Å². The van der Waals surface area contributed by atoms with E-state index < -0.39 is 0 Å². The van der Waals surface area contributed by atoms with Crippen LogP contribution in [0.2, 0.25) is 0 Å². The van der Waals surface area contributed by atoms with Crippen molar-refractivity contribution in [2.45, 2.75) is 6.92 Å². The van der Waals surface area contributed by atoms with E-state index in [1.54, 1.807) is 0 Å². The normalized spacial score (nSPS) is 10.0. The van der Waals surface area contributed by atoms with Crippen molar-refractivity contribution in [3.8, 4) is 5.75 Å². The average Bonchev–Trinajstić information content (AvgIpc) is 2.15. The maximum Gasteiger partial charge on any atom is 0.137 e. The van der Waals surface area contributed by atoms with Gasteiger partial charge in [0.1, 0.15) is 18.9 Å². The summed E-state index contributed by atoms with van der Waals surface area (Å²) in [6.45, 7) is 5.02. The Morgan fingerprint density at radius 3 is 2.85 bits per heavy atom. The highest BCUT2D eigenvalue weighted by Gasteiger charge is 1.98. The van der Waals surface area contributed by atoms with Crippen molar-refractivity contribution in [3.63, 3.8) is 0 Å². The summed E-state index contributed by atoms with van der Waals surface area (Å²) in [6, 6.07) is 7.91. The van der Waals surface area contributed by atoms with Gasteiger partial charge in [0.05, 0.1) is 11.0 Å². The van der Waals surface area contributed by atoms with E-state index in [2.05, 4.69) is 28.2 Å². The lowest BCUT2D eigenvalue weighted by Crippen LogP contribution is -2.84. The van der Waals surface area contributed by atoms with E-state index in [1.807, 2.05) is 24.3 Å². The first-order valence-electron chi connectivity index (χ1n) is 4.53. The number of hydrogen-bond donors (Lipinski definition) is 1. The van der Waals surface area contributed by atoms with Crippen molar-refractivity contribution < 1.29 is 10.1 Å². The van der Waals surface area contributed by atoms with Crippen molar-refractivity contribution in [1.29, 1.82) is 0 Å². The third-order valence-corrected chi connectivity index (χ3v) is 2.36. The van der Waals surface area contributed by atoms with Crippen LogP contribution in [0.25, 0.3) is 0 Å². The van der Waals surface area contributed by atoms with E-state index in [-0.39, 0.29) is 0 Å². The zero-order valence-electron chi connectivity index (χ0n) is 7.79. The summed E-state index contributed by atoms with van der Waals surface area (Å²) in [4.78, 5) is 0. The Labute approximate surface area is 87.4 Å². The average molecular weight is 245 g/mol. The molecule has 0 aliphatic heterocycles. The summed E-state index contributed by atoms with van der Waals surface area (Å²) in [5, 5.41) is 2.22. The van der Waals surface area contributed by atoms with Gasteiger partial charge in [0.25, 0.3) is 0 Å². The Hall–Kier alpha value is -0.540. The fraction of sp³-hybridized carbons (Fsp3) is 0.400. The lowest BCUT2D eigenvalue weighted by molar-refractivity contribution is -0.652. The molecular weight excluding hydrogens is 230 g/mol. The summed E-state index contributed by atoms with van der Waals surface area (Å²) in [6.07, 6.45) is 0. The highest BCUT2D eigenvalue weighted by Crippen LogP contribution is 2.23. The van der Waals surface area contributed by atoms with Crippen LogP contribution < -0.4 is 10.1 Å². The Morgan fingerprint density at radius 2 is 2.15 bits per heavy atom. The summed E-state index contributed by atoms with van der Waals surface area (Å²) in [5.41, 5.74) is 0. The highest BCUT2D eigenvalue weighted by molar-refractivity contribution is 9.10. The van der Waals surface area contributed by atoms with E-state index in [9.17, 15) is 0 Å².